The summed E-state index contributed by atoms with van der Waals surface area (Å²) < 4.78 is 0. The van der Waals surface area contributed by atoms with E-state index in [1.54, 1.807) is 56.4 Å². The fraction of sp³-hybridized carbons (Fsp3) is 0.557. The van der Waals surface area contributed by atoms with E-state index in [1.807, 2.05) is 34.6 Å². The highest BCUT2D eigenvalue weighted by atomic mass is 16.3. The highest BCUT2D eigenvalue weighted by Crippen LogP contribution is 2.16. The minimum atomic E-state index is -1.44. The van der Waals surface area contributed by atoms with E-state index in [9.17, 15) is 48.3 Å². The Morgan fingerprint density at radius 3 is 1.22 bits per heavy atom. The number of carbonyl (C=O) groups is 9. The number of hydrogen-bond acceptors (Lipinski definition) is 15. The van der Waals surface area contributed by atoms with Crippen LogP contribution in [0.1, 0.15) is 116 Å². The summed E-state index contributed by atoms with van der Waals surface area (Å²) in [5, 5.41) is 34.9. The van der Waals surface area contributed by atoms with E-state index in [-0.39, 0.29) is 132 Å². The standard InChI is InChI=1S/C61H99N21O10/c1-8-36(6)49(50(62)84)82-58(92)47(30-37-15-10-9-11-16-37)80-56(90)46(28-35(4)5)79-55(89)45(27-34(2)3)78-52(86)42(18-13-25-72-60(65)66)75-51(85)41(17-12-24-71-59(63)64)77-57(91)48(31-39-32-70-33-74-39)81-53(87)43(19-14-26-73-61(67)68)76-54(88)44(69-7)29-38-20-22-40(83)23-21-38/h9-11,15-16,20-23,32-36,41-49,69,83H,8,12-14,17-19,24-31H2,1-7H3,(H2,62,84)(H,70,74)(H,75,85)(H,76,88)(H,77,91)(H,78,86)(H,79,89)(H,80,90)(H,81,87)(H,82,92)(H4,63,64,71)(H4,65,66,72)(H4,67,68,73)/t36-,41-,42-,43-,44-,45-,46-,47-,48-,49-/m0/s1. The average Bonchev–Trinajstić information content (AvgIpc) is 1.22. The molecule has 9 amide bonds. The number of carbonyl (C=O) groups excluding carboxylic acids is 9. The van der Waals surface area contributed by atoms with Crippen molar-refractivity contribution in [1.29, 1.82) is 0 Å². The number of nitrogens with two attached hydrogens (primary N) is 7. The number of phenols is 1. The van der Waals surface area contributed by atoms with Crippen LogP contribution in [0.15, 0.2) is 82.1 Å². The summed E-state index contributed by atoms with van der Waals surface area (Å²) in [7, 11) is 1.57. The number of imidazole rings is 1. The molecule has 0 aliphatic carbocycles. The molecule has 0 spiro atoms. The van der Waals surface area contributed by atoms with Gasteiger partial charge in [-0.1, -0.05) is 90.4 Å². The summed E-state index contributed by atoms with van der Waals surface area (Å²) in [6, 6.07) is 3.96. The fourth-order valence-electron chi connectivity index (χ4n) is 9.69. The molecule has 508 valence electrons. The summed E-state index contributed by atoms with van der Waals surface area (Å²) in [5.74, 6) is -8.14. The maximum Gasteiger partial charge on any atom is 0.243 e. The molecule has 31 nitrogen and oxygen atoms in total. The third kappa shape index (κ3) is 28.9. The maximum atomic E-state index is 14.8. The second kappa shape index (κ2) is 40.2. The largest absolute Gasteiger partial charge is 0.508 e. The number of likely N-dealkylation sites (N-methyl/N-ethyl adjacent to an activating group) is 1. The van der Waals surface area contributed by atoms with Crippen LogP contribution in [0, 0.1) is 17.8 Å². The Hall–Kier alpha value is -9.55. The van der Waals surface area contributed by atoms with Gasteiger partial charge in [-0.25, -0.2) is 4.98 Å². The Bertz CT molecular complexity index is 2920. The van der Waals surface area contributed by atoms with Gasteiger partial charge in [0, 0.05) is 44.4 Å². The Kier molecular flexibility index (Phi) is 33.6. The molecule has 3 rings (SSSR count). The van der Waals surface area contributed by atoms with E-state index in [4.69, 9.17) is 40.1 Å². The van der Waals surface area contributed by atoms with Crippen LogP contribution in [-0.4, -0.2) is 167 Å². The minimum absolute atomic E-state index is 0.00789. The number of guanidine groups is 3. The molecule has 25 N–H and O–H groups in total. The SMILES string of the molecule is CC[C@H](C)[C@H](NC(=O)[C@H](Cc1ccccc1)NC(=O)[C@H](CC(C)C)NC(=O)[C@H](CC(C)C)NC(=O)[C@H](CCCN=C(N)N)NC(=O)[C@H](CCCN=C(N)N)NC(=O)[C@H](Cc1cnc[nH]1)NC(=O)[C@H](CCCN=C(N)N)NC(=O)[C@H](Cc1ccc(O)cc1)NC)C(N)=O. The number of nitrogens with zero attached hydrogens (tertiary/aromatic N) is 4. The number of H-pyrrole nitrogens is 1. The van der Waals surface area contributed by atoms with Gasteiger partial charge >= 0.3 is 0 Å². The number of phenolic OH excluding ortho intramolecular Hbond substituents is 1. The van der Waals surface area contributed by atoms with Gasteiger partial charge in [-0.15, -0.1) is 0 Å². The molecule has 0 saturated heterocycles. The predicted molar refractivity (Wildman–Crippen MR) is 350 cm³/mol. The summed E-state index contributed by atoms with van der Waals surface area (Å²) >= 11 is 0. The Labute approximate surface area is 537 Å². The molecular formula is C61H99N21O10. The van der Waals surface area contributed by atoms with E-state index in [0.29, 0.717) is 23.2 Å². The van der Waals surface area contributed by atoms with Crippen molar-refractivity contribution in [2.75, 3.05) is 26.7 Å². The highest BCUT2D eigenvalue weighted by Gasteiger charge is 2.36. The molecule has 92 heavy (non-hydrogen) atoms. The van der Waals surface area contributed by atoms with E-state index < -0.39 is 108 Å². The van der Waals surface area contributed by atoms with Crippen molar-refractivity contribution in [2.45, 2.75) is 173 Å². The molecule has 0 aliphatic heterocycles. The molecule has 0 bridgehead atoms. The molecule has 0 radical (unpaired) electrons. The van der Waals surface area contributed by atoms with Crippen LogP contribution in [0.4, 0.5) is 0 Å². The van der Waals surface area contributed by atoms with Crippen molar-refractivity contribution in [2.24, 2.45) is 72.9 Å². The lowest BCUT2D eigenvalue weighted by Gasteiger charge is -2.29. The predicted octanol–water partition coefficient (Wildman–Crippen LogP) is -2.61. The quantitative estimate of drug-likeness (QED) is 0.0157. The van der Waals surface area contributed by atoms with Crippen molar-refractivity contribution >= 4 is 71.0 Å². The van der Waals surface area contributed by atoms with Crippen LogP contribution >= 0.6 is 0 Å². The number of aromatic amines is 1. The Morgan fingerprint density at radius 1 is 0.478 bits per heavy atom. The number of primary amides is 1. The summed E-state index contributed by atoms with van der Waals surface area (Å²) in [6.07, 6.45) is 3.70. The summed E-state index contributed by atoms with van der Waals surface area (Å²) in [4.78, 5) is 147. The molecule has 10 atom stereocenters. The van der Waals surface area contributed by atoms with Crippen LogP contribution in [-0.2, 0) is 62.4 Å². The smallest absolute Gasteiger partial charge is 0.243 e. The van der Waals surface area contributed by atoms with Gasteiger partial charge in [0.1, 0.15) is 54.1 Å². The molecule has 31 heteroatoms. The third-order valence-corrected chi connectivity index (χ3v) is 14.8. The van der Waals surface area contributed by atoms with Crippen molar-refractivity contribution in [3.8, 4) is 5.75 Å². The zero-order valence-corrected chi connectivity index (χ0v) is 53.8. The third-order valence-electron chi connectivity index (χ3n) is 14.8. The van der Waals surface area contributed by atoms with E-state index in [2.05, 4.69) is 72.8 Å². The van der Waals surface area contributed by atoms with Gasteiger partial charge in [-0.05, 0) is 106 Å². The van der Waals surface area contributed by atoms with Crippen LogP contribution in [0.2, 0.25) is 0 Å². The van der Waals surface area contributed by atoms with Crippen LogP contribution in [0.25, 0.3) is 0 Å². The second-order valence-corrected chi connectivity index (χ2v) is 23.5. The first-order chi connectivity index (χ1) is 43.6. The zero-order chi connectivity index (χ0) is 68.5. The van der Waals surface area contributed by atoms with Gasteiger partial charge in [0.25, 0.3) is 0 Å². The summed E-state index contributed by atoms with van der Waals surface area (Å²) in [6.45, 7) is 11.0. The van der Waals surface area contributed by atoms with Crippen molar-refractivity contribution in [3.05, 3.63) is 83.9 Å². The maximum absolute atomic E-state index is 14.8. The van der Waals surface area contributed by atoms with Crippen molar-refractivity contribution in [3.63, 3.8) is 0 Å². The van der Waals surface area contributed by atoms with Gasteiger partial charge in [-0.2, -0.15) is 0 Å². The highest BCUT2D eigenvalue weighted by molar-refractivity contribution is 5.98. The van der Waals surface area contributed by atoms with Gasteiger partial charge in [0.15, 0.2) is 17.9 Å². The molecule has 0 saturated carbocycles. The first-order valence-electron chi connectivity index (χ1n) is 31.0. The fourth-order valence-corrected chi connectivity index (χ4v) is 9.69. The average molecular weight is 1290 g/mol. The Morgan fingerprint density at radius 2 is 0.837 bits per heavy atom. The lowest BCUT2D eigenvalue weighted by atomic mass is 9.97. The minimum Gasteiger partial charge on any atom is -0.508 e. The van der Waals surface area contributed by atoms with Crippen LogP contribution in [0.3, 0.4) is 0 Å². The molecule has 1 aromatic heterocycles. The molecule has 0 aliphatic rings. The van der Waals surface area contributed by atoms with E-state index in [0.717, 1.165) is 0 Å². The number of nitrogens with one attached hydrogen (secondary N) is 10. The number of benzene rings is 2. The monoisotopic (exact) mass is 1290 g/mol. The number of amides is 9. The van der Waals surface area contributed by atoms with Crippen molar-refractivity contribution in [1.82, 2.24) is 57.8 Å². The van der Waals surface area contributed by atoms with Gasteiger partial charge in [-0.3, -0.25) is 58.1 Å². The van der Waals surface area contributed by atoms with E-state index in [1.165, 1.54) is 24.7 Å². The molecule has 0 unspecified atom stereocenters. The number of aromatic hydroxyl groups is 1. The molecule has 3 aromatic rings. The summed E-state index contributed by atoms with van der Waals surface area (Å²) in [5.41, 5.74) is 41.1. The number of aliphatic imine (C=N–C) groups is 3. The van der Waals surface area contributed by atoms with Crippen LogP contribution < -0.4 is 88.0 Å². The van der Waals surface area contributed by atoms with E-state index >= 15 is 0 Å². The lowest BCUT2D eigenvalue weighted by Crippen LogP contribution is -2.61. The lowest BCUT2D eigenvalue weighted by molar-refractivity contribution is -0.136. The molecular weight excluding hydrogens is 1190 g/mol. The van der Waals surface area contributed by atoms with Gasteiger partial charge < -0.3 is 98.1 Å². The number of aromatic nitrogens is 2. The first-order valence-corrected chi connectivity index (χ1v) is 31.0. The zero-order valence-electron chi connectivity index (χ0n) is 53.8. The number of rotatable bonds is 42. The topological polar surface area (TPSA) is 530 Å². The van der Waals surface area contributed by atoms with Gasteiger partial charge in [0.2, 0.25) is 53.2 Å². The first kappa shape index (κ1) is 76.7. The molecule has 0 fully saturated rings. The molecule has 1 heterocycles. The second-order valence-electron chi connectivity index (χ2n) is 23.5. The van der Waals surface area contributed by atoms with Crippen molar-refractivity contribution < 1.29 is 48.3 Å². The normalized spacial score (nSPS) is 14.4. The molecule has 2 aromatic carbocycles. The van der Waals surface area contributed by atoms with Crippen LogP contribution in [0.5, 0.6) is 5.75 Å². The van der Waals surface area contributed by atoms with Gasteiger partial charge in [0.05, 0.1) is 12.4 Å². The number of hydrogen-bond donors (Lipinski definition) is 18. The Balaban J connectivity index is 2.02.